The third-order valence-corrected chi connectivity index (χ3v) is 7.56. The second-order valence-electron chi connectivity index (χ2n) is 9.90. The highest BCUT2D eigenvalue weighted by molar-refractivity contribution is 5.84. The molecule has 0 spiro atoms. The molecular weight excluding hydrogens is 448 g/mol. The van der Waals surface area contributed by atoms with Crippen LogP contribution in [0.15, 0.2) is 40.9 Å². The molecule has 0 aliphatic carbocycles. The standard InChI is InChI=1S/C27H29F2N5O/c1-16-26(17(2)35-31-16)18-6-9-24-23(13-18)30-27(34(24)20-10-12-32(3)15-20)25-5-4-11-33(25)19-7-8-21(28)22(29)14-19/h6-9,13-14,20,25H,4-5,10-12,15H2,1-3H3/t20?,25-/m0/s1. The third kappa shape index (κ3) is 3.71. The first-order chi connectivity index (χ1) is 16.9. The summed E-state index contributed by atoms with van der Waals surface area (Å²) in [4.78, 5) is 9.72. The second-order valence-corrected chi connectivity index (χ2v) is 9.90. The van der Waals surface area contributed by atoms with Gasteiger partial charge in [-0.15, -0.1) is 0 Å². The molecule has 2 fully saturated rings. The minimum Gasteiger partial charge on any atom is -0.361 e. The summed E-state index contributed by atoms with van der Waals surface area (Å²) in [5, 5.41) is 4.12. The molecule has 35 heavy (non-hydrogen) atoms. The smallest absolute Gasteiger partial charge is 0.160 e. The number of nitrogens with zero attached hydrogens (tertiary/aromatic N) is 5. The lowest BCUT2D eigenvalue weighted by Crippen LogP contribution is -2.27. The molecule has 8 heteroatoms. The fourth-order valence-corrected chi connectivity index (χ4v) is 5.92. The summed E-state index contributed by atoms with van der Waals surface area (Å²) in [5.74, 6) is 0.151. The normalized spacial score (nSPS) is 21.0. The number of halogens is 2. The van der Waals surface area contributed by atoms with Crippen molar-refractivity contribution in [2.75, 3.05) is 31.6 Å². The van der Waals surface area contributed by atoms with Crippen LogP contribution >= 0.6 is 0 Å². The lowest BCUT2D eigenvalue weighted by Gasteiger charge is -2.28. The number of imidazole rings is 1. The van der Waals surface area contributed by atoms with E-state index in [9.17, 15) is 8.78 Å². The van der Waals surface area contributed by atoms with E-state index in [2.05, 4.69) is 44.8 Å². The Bertz CT molecular complexity index is 1390. The van der Waals surface area contributed by atoms with Crippen molar-refractivity contribution in [3.63, 3.8) is 0 Å². The van der Waals surface area contributed by atoms with E-state index in [-0.39, 0.29) is 6.04 Å². The zero-order valence-corrected chi connectivity index (χ0v) is 20.3. The van der Waals surface area contributed by atoms with Crippen molar-refractivity contribution in [3.8, 4) is 11.1 Å². The topological polar surface area (TPSA) is 50.3 Å². The van der Waals surface area contributed by atoms with Gasteiger partial charge in [0.05, 0.1) is 22.8 Å². The number of anilines is 1. The van der Waals surface area contributed by atoms with Gasteiger partial charge in [0, 0.05) is 36.4 Å². The van der Waals surface area contributed by atoms with Gasteiger partial charge >= 0.3 is 0 Å². The Morgan fingerprint density at radius 3 is 2.57 bits per heavy atom. The van der Waals surface area contributed by atoms with Crippen LogP contribution in [0.2, 0.25) is 0 Å². The predicted octanol–water partition coefficient (Wildman–Crippen LogP) is 5.80. The molecule has 0 bridgehead atoms. The average molecular weight is 478 g/mol. The molecule has 4 heterocycles. The zero-order valence-electron chi connectivity index (χ0n) is 20.3. The van der Waals surface area contributed by atoms with Gasteiger partial charge in [-0.1, -0.05) is 11.2 Å². The molecule has 4 aromatic rings. The SMILES string of the molecule is Cc1noc(C)c1-c1ccc2c(c1)nc([C@@H]1CCCN1c1ccc(F)c(F)c1)n2C1CCN(C)C1. The third-order valence-electron chi connectivity index (χ3n) is 7.56. The van der Waals surface area contributed by atoms with E-state index in [0.717, 1.165) is 78.3 Å². The van der Waals surface area contributed by atoms with Gasteiger partial charge in [-0.05, 0) is 76.5 Å². The number of likely N-dealkylation sites (N-methyl/N-ethyl adjacent to an activating group) is 1. The molecule has 2 aromatic heterocycles. The Labute approximate surface area is 203 Å². The fraction of sp³-hybridized carbons (Fsp3) is 0.407. The Kier molecular flexibility index (Phi) is 5.36. The van der Waals surface area contributed by atoms with Gasteiger partial charge in [0.1, 0.15) is 11.6 Å². The van der Waals surface area contributed by atoms with E-state index in [1.807, 2.05) is 13.8 Å². The first-order valence-electron chi connectivity index (χ1n) is 12.3. The van der Waals surface area contributed by atoms with Crippen molar-refractivity contribution in [2.24, 2.45) is 0 Å². The van der Waals surface area contributed by atoms with Crippen LogP contribution in [0.4, 0.5) is 14.5 Å². The van der Waals surface area contributed by atoms with Crippen LogP contribution in [-0.4, -0.2) is 46.3 Å². The lowest BCUT2D eigenvalue weighted by atomic mass is 10.0. The minimum absolute atomic E-state index is 0.000631. The molecule has 1 unspecified atom stereocenters. The van der Waals surface area contributed by atoms with Gasteiger partial charge < -0.3 is 18.9 Å². The van der Waals surface area contributed by atoms with Crippen LogP contribution in [0.25, 0.3) is 22.2 Å². The Balaban J connectivity index is 1.49. The number of likely N-dealkylation sites (tertiary alicyclic amines) is 1. The number of fused-ring (bicyclic) bond motifs is 1. The minimum atomic E-state index is -0.822. The molecule has 2 aliphatic rings. The van der Waals surface area contributed by atoms with E-state index in [0.29, 0.717) is 11.7 Å². The summed E-state index contributed by atoms with van der Waals surface area (Å²) in [5.41, 5.74) is 5.64. The van der Waals surface area contributed by atoms with Crippen LogP contribution in [-0.2, 0) is 0 Å². The van der Waals surface area contributed by atoms with Crippen LogP contribution in [0, 0.1) is 25.5 Å². The summed E-state index contributed by atoms with van der Waals surface area (Å²) in [6, 6.07) is 10.9. The first-order valence-corrected chi connectivity index (χ1v) is 12.3. The van der Waals surface area contributed by atoms with Crippen LogP contribution < -0.4 is 4.90 Å². The molecule has 0 N–H and O–H groups in total. The molecule has 2 saturated heterocycles. The summed E-state index contributed by atoms with van der Waals surface area (Å²) in [6.45, 7) is 6.66. The van der Waals surface area contributed by atoms with E-state index >= 15 is 0 Å². The maximum Gasteiger partial charge on any atom is 0.160 e. The number of aryl methyl sites for hydroxylation is 2. The molecule has 2 aliphatic heterocycles. The van der Waals surface area contributed by atoms with E-state index in [4.69, 9.17) is 9.51 Å². The summed E-state index contributed by atoms with van der Waals surface area (Å²) >= 11 is 0. The quantitative estimate of drug-likeness (QED) is 0.372. The molecule has 2 atom stereocenters. The molecule has 0 amide bonds. The number of hydrogen-bond acceptors (Lipinski definition) is 5. The predicted molar refractivity (Wildman–Crippen MR) is 132 cm³/mol. The van der Waals surface area contributed by atoms with E-state index in [1.165, 1.54) is 12.1 Å². The maximum absolute atomic E-state index is 14.1. The Morgan fingerprint density at radius 2 is 1.86 bits per heavy atom. The lowest BCUT2D eigenvalue weighted by molar-refractivity contribution is 0.389. The largest absolute Gasteiger partial charge is 0.361 e. The van der Waals surface area contributed by atoms with E-state index in [1.54, 1.807) is 6.07 Å². The van der Waals surface area contributed by atoms with E-state index < -0.39 is 11.6 Å². The Hall–Kier alpha value is -3.26. The van der Waals surface area contributed by atoms with Crippen LogP contribution in [0.3, 0.4) is 0 Å². The van der Waals surface area contributed by atoms with Gasteiger partial charge in [0.15, 0.2) is 11.6 Å². The van der Waals surface area contributed by atoms with Gasteiger partial charge in [-0.3, -0.25) is 0 Å². The fourth-order valence-electron chi connectivity index (χ4n) is 5.92. The second kappa shape index (κ2) is 8.45. The number of aromatic nitrogens is 3. The average Bonchev–Trinajstić information content (AvgIpc) is 3.61. The summed E-state index contributed by atoms with van der Waals surface area (Å²) in [6.07, 6.45) is 2.95. The van der Waals surface area contributed by atoms with Crippen molar-refractivity contribution in [2.45, 2.75) is 45.2 Å². The monoisotopic (exact) mass is 477 g/mol. The van der Waals surface area contributed by atoms with Gasteiger partial charge in [0.25, 0.3) is 0 Å². The molecule has 2 aromatic carbocycles. The molecule has 6 nitrogen and oxygen atoms in total. The maximum atomic E-state index is 14.1. The van der Waals surface area contributed by atoms with Gasteiger partial charge in [-0.25, -0.2) is 13.8 Å². The Morgan fingerprint density at radius 1 is 1.00 bits per heavy atom. The molecule has 6 rings (SSSR count). The highest BCUT2D eigenvalue weighted by Crippen LogP contribution is 2.40. The van der Waals surface area contributed by atoms with Crippen LogP contribution in [0.1, 0.15) is 48.6 Å². The molecule has 0 radical (unpaired) electrons. The molecular formula is C27H29F2N5O. The summed E-state index contributed by atoms with van der Waals surface area (Å²) < 4.78 is 35.5. The van der Waals surface area contributed by atoms with Gasteiger partial charge in [-0.2, -0.15) is 0 Å². The van der Waals surface area contributed by atoms with Crippen molar-refractivity contribution in [3.05, 3.63) is 65.3 Å². The molecule has 182 valence electrons. The zero-order chi connectivity index (χ0) is 24.3. The van der Waals surface area contributed by atoms with Crippen molar-refractivity contribution < 1.29 is 13.3 Å². The van der Waals surface area contributed by atoms with Crippen LogP contribution in [0.5, 0.6) is 0 Å². The highest BCUT2D eigenvalue weighted by atomic mass is 19.2. The first kappa shape index (κ1) is 22.2. The molecule has 0 saturated carbocycles. The number of hydrogen-bond donors (Lipinski definition) is 0. The van der Waals surface area contributed by atoms with Crippen molar-refractivity contribution in [1.82, 2.24) is 19.6 Å². The van der Waals surface area contributed by atoms with Crippen molar-refractivity contribution >= 4 is 16.7 Å². The summed E-state index contributed by atoms with van der Waals surface area (Å²) in [7, 11) is 2.15. The number of benzene rings is 2. The van der Waals surface area contributed by atoms with Crippen molar-refractivity contribution in [1.29, 1.82) is 0 Å². The highest BCUT2D eigenvalue weighted by Gasteiger charge is 2.34. The van der Waals surface area contributed by atoms with Gasteiger partial charge in [0.2, 0.25) is 0 Å². The number of rotatable bonds is 4.